The fourth-order valence-corrected chi connectivity index (χ4v) is 3.31. The van der Waals surface area contributed by atoms with Crippen LogP contribution in [-0.4, -0.2) is 12.1 Å². The second-order valence-corrected chi connectivity index (χ2v) is 7.79. The Kier molecular flexibility index (Phi) is 19.4. The van der Waals surface area contributed by atoms with Gasteiger partial charge in [-0.3, -0.25) is 4.79 Å². The van der Waals surface area contributed by atoms with E-state index in [1.165, 1.54) is 96.3 Å². The number of unbranched alkanes of at least 4 members (excludes halogenated alkanes) is 14. The molecule has 2 heteroatoms. The van der Waals surface area contributed by atoms with Gasteiger partial charge in [0.2, 0.25) is 0 Å². The first kappa shape index (κ1) is 24.5. The van der Waals surface area contributed by atoms with E-state index < -0.39 is 0 Å². The Hall–Kier alpha value is -0.530. The van der Waals surface area contributed by atoms with Crippen molar-refractivity contribution in [2.24, 2.45) is 0 Å². The molecule has 0 fully saturated rings. The molecule has 0 heterocycles. The molecule has 0 bridgehead atoms. The average molecular weight is 355 g/mol. The van der Waals surface area contributed by atoms with Gasteiger partial charge in [0, 0.05) is 6.42 Å². The van der Waals surface area contributed by atoms with Crippen LogP contribution >= 0.6 is 0 Å². The minimum absolute atomic E-state index is 0.00655. The predicted octanol–water partition coefficient (Wildman–Crippen LogP) is 7.98. The van der Waals surface area contributed by atoms with Crippen LogP contribution in [0.4, 0.5) is 0 Å². The monoisotopic (exact) mass is 354 g/mol. The molecular formula is C23H46O2. The van der Waals surface area contributed by atoms with E-state index in [4.69, 9.17) is 4.74 Å². The Balaban J connectivity index is 3.23. The maximum Gasteiger partial charge on any atom is 0.306 e. The number of rotatable bonds is 19. The SMILES string of the molecule is CCCCCCCCCCCCCCCC(=O)O[C@@H](C)CCCCC. The van der Waals surface area contributed by atoms with E-state index in [1.54, 1.807) is 0 Å². The van der Waals surface area contributed by atoms with Crippen molar-refractivity contribution in [2.45, 2.75) is 142 Å². The third-order valence-electron chi connectivity index (χ3n) is 5.03. The molecule has 1 atom stereocenters. The average Bonchev–Trinajstić information content (AvgIpc) is 2.59. The van der Waals surface area contributed by atoms with Gasteiger partial charge in [-0.2, -0.15) is 0 Å². The van der Waals surface area contributed by atoms with Crippen LogP contribution in [0.25, 0.3) is 0 Å². The highest BCUT2D eigenvalue weighted by atomic mass is 16.5. The van der Waals surface area contributed by atoms with Crippen molar-refractivity contribution in [3.8, 4) is 0 Å². The lowest BCUT2D eigenvalue weighted by Gasteiger charge is -2.12. The van der Waals surface area contributed by atoms with Gasteiger partial charge >= 0.3 is 5.97 Å². The molecule has 0 aromatic rings. The summed E-state index contributed by atoms with van der Waals surface area (Å²) in [4.78, 5) is 11.8. The number of carbonyl (C=O) groups is 1. The van der Waals surface area contributed by atoms with Gasteiger partial charge in [0.1, 0.15) is 0 Å². The number of carbonyl (C=O) groups excluding carboxylic acids is 1. The Bertz CT molecular complexity index is 275. The van der Waals surface area contributed by atoms with Gasteiger partial charge in [0.05, 0.1) is 6.10 Å². The summed E-state index contributed by atoms with van der Waals surface area (Å²) in [6.45, 7) is 6.50. The van der Waals surface area contributed by atoms with Gasteiger partial charge in [0.25, 0.3) is 0 Å². The first-order chi connectivity index (χ1) is 12.2. The molecule has 2 nitrogen and oxygen atoms in total. The molecule has 0 saturated carbocycles. The van der Waals surface area contributed by atoms with Crippen molar-refractivity contribution >= 4 is 5.97 Å². The van der Waals surface area contributed by atoms with Crippen molar-refractivity contribution in [1.29, 1.82) is 0 Å². The molecular weight excluding hydrogens is 308 g/mol. The lowest BCUT2D eigenvalue weighted by molar-refractivity contribution is -0.148. The first-order valence-electron chi connectivity index (χ1n) is 11.4. The van der Waals surface area contributed by atoms with Gasteiger partial charge in [-0.05, 0) is 26.2 Å². The van der Waals surface area contributed by atoms with E-state index >= 15 is 0 Å². The molecule has 150 valence electrons. The second-order valence-electron chi connectivity index (χ2n) is 7.79. The molecule has 0 amide bonds. The summed E-state index contributed by atoms with van der Waals surface area (Å²) in [5.74, 6) is 0.00655. The third-order valence-corrected chi connectivity index (χ3v) is 5.03. The minimum Gasteiger partial charge on any atom is -0.463 e. The van der Waals surface area contributed by atoms with E-state index in [9.17, 15) is 4.79 Å². The fraction of sp³-hybridized carbons (Fsp3) is 0.957. The van der Waals surface area contributed by atoms with Gasteiger partial charge in [-0.15, -0.1) is 0 Å². The third kappa shape index (κ3) is 19.6. The minimum atomic E-state index is 0.00655. The summed E-state index contributed by atoms with van der Waals surface area (Å²) >= 11 is 0. The Morgan fingerprint density at radius 2 is 1.04 bits per heavy atom. The lowest BCUT2D eigenvalue weighted by atomic mass is 10.0. The topological polar surface area (TPSA) is 26.3 Å². The quantitative estimate of drug-likeness (QED) is 0.173. The van der Waals surface area contributed by atoms with Crippen molar-refractivity contribution in [1.82, 2.24) is 0 Å². The molecule has 0 aliphatic carbocycles. The largest absolute Gasteiger partial charge is 0.463 e. The van der Waals surface area contributed by atoms with E-state index in [0.717, 1.165) is 12.8 Å². The number of hydrogen-bond acceptors (Lipinski definition) is 2. The zero-order valence-electron chi connectivity index (χ0n) is 17.6. The maximum absolute atomic E-state index is 11.8. The van der Waals surface area contributed by atoms with Crippen molar-refractivity contribution in [3.05, 3.63) is 0 Å². The van der Waals surface area contributed by atoms with Gasteiger partial charge in [0.15, 0.2) is 0 Å². The Morgan fingerprint density at radius 1 is 0.640 bits per heavy atom. The Labute approximate surface area is 158 Å². The summed E-state index contributed by atoms with van der Waals surface area (Å²) in [5.41, 5.74) is 0. The number of hydrogen-bond donors (Lipinski definition) is 0. The van der Waals surface area contributed by atoms with E-state index in [0.29, 0.717) is 6.42 Å². The molecule has 0 aliphatic rings. The molecule has 0 aliphatic heterocycles. The standard InChI is InChI=1S/C23H46O2/c1-4-6-8-9-10-11-12-13-14-15-16-17-19-21-23(24)25-22(3)20-18-7-5-2/h22H,4-21H2,1-3H3/t22-/m0/s1. The summed E-state index contributed by atoms with van der Waals surface area (Å²) < 4.78 is 5.47. The van der Waals surface area contributed by atoms with Gasteiger partial charge in [-0.25, -0.2) is 0 Å². The van der Waals surface area contributed by atoms with Crippen LogP contribution in [0.15, 0.2) is 0 Å². The molecule has 0 aromatic carbocycles. The van der Waals surface area contributed by atoms with Crippen LogP contribution in [0.2, 0.25) is 0 Å². The van der Waals surface area contributed by atoms with Crippen LogP contribution in [-0.2, 0) is 9.53 Å². The van der Waals surface area contributed by atoms with E-state index in [-0.39, 0.29) is 12.1 Å². The highest BCUT2D eigenvalue weighted by molar-refractivity contribution is 5.69. The summed E-state index contributed by atoms with van der Waals surface area (Å²) in [6.07, 6.45) is 22.8. The summed E-state index contributed by atoms with van der Waals surface area (Å²) in [7, 11) is 0. The molecule has 0 saturated heterocycles. The van der Waals surface area contributed by atoms with Crippen LogP contribution in [0.3, 0.4) is 0 Å². The Morgan fingerprint density at radius 3 is 1.52 bits per heavy atom. The zero-order chi connectivity index (χ0) is 18.6. The van der Waals surface area contributed by atoms with Crippen molar-refractivity contribution in [3.63, 3.8) is 0 Å². The molecule has 0 spiro atoms. The van der Waals surface area contributed by atoms with E-state index in [2.05, 4.69) is 13.8 Å². The van der Waals surface area contributed by atoms with Crippen LogP contribution in [0, 0.1) is 0 Å². The fourth-order valence-electron chi connectivity index (χ4n) is 3.31. The van der Waals surface area contributed by atoms with Gasteiger partial charge in [-0.1, -0.05) is 104 Å². The van der Waals surface area contributed by atoms with Crippen molar-refractivity contribution in [2.75, 3.05) is 0 Å². The number of esters is 1. The lowest BCUT2D eigenvalue weighted by Crippen LogP contribution is -2.14. The molecule has 0 unspecified atom stereocenters. The zero-order valence-corrected chi connectivity index (χ0v) is 17.6. The normalized spacial score (nSPS) is 12.3. The van der Waals surface area contributed by atoms with E-state index in [1.807, 2.05) is 6.92 Å². The molecule has 0 N–H and O–H groups in total. The van der Waals surface area contributed by atoms with Crippen LogP contribution in [0.5, 0.6) is 0 Å². The molecule has 0 radical (unpaired) electrons. The maximum atomic E-state index is 11.8. The second kappa shape index (κ2) is 19.8. The smallest absolute Gasteiger partial charge is 0.306 e. The van der Waals surface area contributed by atoms with Crippen molar-refractivity contribution < 1.29 is 9.53 Å². The van der Waals surface area contributed by atoms with Crippen LogP contribution in [0.1, 0.15) is 136 Å². The summed E-state index contributed by atoms with van der Waals surface area (Å²) in [5, 5.41) is 0. The molecule has 25 heavy (non-hydrogen) atoms. The summed E-state index contributed by atoms with van der Waals surface area (Å²) in [6, 6.07) is 0. The number of ether oxygens (including phenoxy) is 1. The molecule has 0 aromatic heterocycles. The highest BCUT2D eigenvalue weighted by Crippen LogP contribution is 2.13. The highest BCUT2D eigenvalue weighted by Gasteiger charge is 2.08. The molecule has 0 rings (SSSR count). The first-order valence-corrected chi connectivity index (χ1v) is 11.4. The van der Waals surface area contributed by atoms with Crippen LogP contribution < -0.4 is 0 Å². The van der Waals surface area contributed by atoms with Gasteiger partial charge < -0.3 is 4.74 Å². The predicted molar refractivity (Wildman–Crippen MR) is 110 cm³/mol.